The van der Waals surface area contributed by atoms with Crippen LogP contribution in [0.1, 0.15) is 37.1 Å². The molecule has 5 nitrogen and oxygen atoms in total. The van der Waals surface area contributed by atoms with Crippen molar-refractivity contribution >= 4 is 5.82 Å². The molecule has 2 heterocycles. The molecule has 1 aliphatic heterocycles. The molecule has 1 aliphatic carbocycles. The first-order valence-electron chi connectivity index (χ1n) is 7.41. The summed E-state index contributed by atoms with van der Waals surface area (Å²) in [7, 11) is 2.11. The lowest BCUT2D eigenvalue weighted by Crippen LogP contribution is -2.43. The van der Waals surface area contributed by atoms with Gasteiger partial charge in [0.2, 0.25) is 0 Å². The average Bonchev–Trinajstić information content (AvgIpc) is 2.90. The van der Waals surface area contributed by atoms with E-state index in [0.29, 0.717) is 6.04 Å². The Balaban J connectivity index is 1.66. The molecule has 1 saturated carbocycles. The van der Waals surface area contributed by atoms with Gasteiger partial charge in [0, 0.05) is 25.9 Å². The van der Waals surface area contributed by atoms with E-state index in [2.05, 4.69) is 21.9 Å². The average molecular weight is 277 g/mol. The van der Waals surface area contributed by atoms with Gasteiger partial charge in [0.1, 0.15) is 5.82 Å². The minimum atomic E-state index is -0.286. The molecule has 0 amide bonds. The van der Waals surface area contributed by atoms with Crippen molar-refractivity contribution in [3.05, 3.63) is 17.6 Å². The molecule has 0 atom stereocenters. The van der Waals surface area contributed by atoms with Gasteiger partial charge in [-0.3, -0.25) is 4.98 Å². The summed E-state index contributed by atoms with van der Waals surface area (Å²) < 4.78 is 11.6. The maximum absolute atomic E-state index is 5.78. The van der Waals surface area contributed by atoms with E-state index in [-0.39, 0.29) is 5.79 Å². The summed E-state index contributed by atoms with van der Waals surface area (Å²) in [6.07, 6.45) is 5.96. The quantitative estimate of drug-likeness (QED) is 0.829. The highest BCUT2D eigenvalue weighted by Crippen LogP contribution is 2.37. The van der Waals surface area contributed by atoms with Crippen molar-refractivity contribution in [1.29, 1.82) is 0 Å². The van der Waals surface area contributed by atoms with E-state index < -0.39 is 0 Å². The molecule has 0 aromatic carbocycles. The Hall–Kier alpha value is -1.20. The summed E-state index contributed by atoms with van der Waals surface area (Å²) in [5, 5.41) is 0. The smallest absolute Gasteiger partial charge is 0.168 e. The number of anilines is 1. The Kier molecular flexibility index (Phi) is 3.65. The van der Waals surface area contributed by atoms with Gasteiger partial charge in [-0.05, 0) is 26.7 Å². The summed E-state index contributed by atoms with van der Waals surface area (Å²) in [5.41, 5.74) is 2.00. The molecule has 2 aliphatic rings. The molecule has 1 saturated heterocycles. The molecule has 0 bridgehead atoms. The molecule has 0 N–H and O–H groups in total. The van der Waals surface area contributed by atoms with E-state index in [0.717, 1.165) is 56.1 Å². The topological polar surface area (TPSA) is 47.5 Å². The third kappa shape index (κ3) is 2.52. The van der Waals surface area contributed by atoms with Crippen LogP contribution in [-0.4, -0.2) is 42.1 Å². The Labute approximate surface area is 120 Å². The largest absolute Gasteiger partial charge is 0.355 e. The van der Waals surface area contributed by atoms with Gasteiger partial charge in [-0.2, -0.15) is 0 Å². The van der Waals surface area contributed by atoms with Gasteiger partial charge in [-0.25, -0.2) is 4.98 Å². The highest BCUT2D eigenvalue weighted by Gasteiger charge is 2.41. The van der Waals surface area contributed by atoms with Gasteiger partial charge in [0.15, 0.2) is 5.79 Å². The van der Waals surface area contributed by atoms with Crippen molar-refractivity contribution in [3.8, 4) is 0 Å². The third-order valence-corrected chi connectivity index (χ3v) is 4.62. The van der Waals surface area contributed by atoms with Gasteiger partial charge in [-0.15, -0.1) is 0 Å². The molecule has 20 heavy (non-hydrogen) atoms. The number of hydrogen-bond acceptors (Lipinski definition) is 5. The monoisotopic (exact) mass is 277 g/mol. The number of aryl methyl sites for hydroxylation is 2. The molecule has 1 aromatic heterocycles. The first-order chi connectivity index (χ1) is 9.60. The standard InChI is InChI=1S/C15H23N3O2/c1-11-12(2)17-14(10-16-11)18(3)13-4-6-15(7-5-13)19-8-9-20-15/h10,13H,4-9H2,1-3H3. The fourth-order valence-electron chi connectivity index (χ4n) is 3.10. The normalized spacial score (nSPS) is 22.4. The molecule has 3 rings (SSSR count). The summed E-state index contributed by atoms with van der Waals surface area (Å²) in [5.74, 6) is 0.675. The van der Waals surface area contributed by atoms with Gasteiger partial charge < -0.3 is 14.4 Å². The zero-order valence-electron chi connectivity index (χ0n) is 12.6. The molecule has 0 radical (unpaired) electrons. The number of aromatic nitrogens is 2. The van der Waals surface area contributed by atoms with Gasteiger partial charge >= 0.3 is 0 Å². The van der Waals surface area contributed by atoms with Crippen LogP contribution in [0, 0.1) is 13.8 Å². The van der Waals surface area contributed by atoms with Crippen LogP contribution in [-0.2, 0) is 9.47 Å². The summed E-state index contributed by atoms with van der Waals surface area (Å²) in [4.78, 5) is 11.3. The van der Waals surface area contributed by atoms with Crippen molar-refractivity contribution < 1.29 is 9.47 Å². The number of nitrogens with zero attached hydrogens (tertiary/aromatic N) is 3. The van der Waals surface area contributed by atoms with E-state index in [9.17, 15) is 0 Å². The number of rotatable bonds is 2. The highest BCUT2D eigenvalue weighted by atomic mass is 16.7. The van der Waals surface area contributed by atoms with Gasteiger partial charge in [0.05, 0.1) is 30.8 Å². The first kappa shape index (κ1) is 13.8. The second-order valence-corrected chi connectivity index (χ2v) is 5.85. The predicted octanol–water partition coefficient (Wildman–Crippen LogP) is 2.22. The maximum atomic E-state index is 5.78. The third-order valence-electron chi connectivity index (χ3n) is 4.62. The number of ether oxygens (including phenoxy) is 2. The van der Waals surface area contributed by atoms with E-state index in [1.165, 1.54) is 0 Å². The van der Waals surface area contributed by atoms with Crippen molar-refractivity contribution in [2.75, 3.05) is 25.2 Å². The van der Waals surface area contributed by atoms with Crippen LogP contribution in [0.25, 0.3) is 0 Å². The zero-order valence-corrected chi connectivity index (χ0v) is 12.6. The van der Waals surface area contributed by atoms with Gasteiger partial charge in [-0.1, -0.05) is 0 Å². The van der Waals surface area contributed by atoms with E-state index in [1.54, 1.807) is 0 Å². The highest BCUT2D eigenvalue weighted by molar-refractivity contribution is 5.38. The van der Waals surface area contributed by atoms with Crippen molar-refractivity contribution in [1.82, 2.24) is 9.97 Å². The summed E-state index contributed by atoms with van der Waals surface area (Å²) in [6.45, 7) is 5.48. The molecule has 110 valence electrons. The maximum Gasteiger partial charge on any atom is 0.168 e. The Bertz CT molecular complexity index is 476. The Morgan fingerprint density at radius 2 is 1.80 bits per heavy atom. The van der Waals surface area contributed by atoms with Crippen LogP contribution < -0.4 is 4.90 Å². The van der Waals surface area contributed by atoms with Crippen molar-refractivity contribution in [2.24, 2.45) is 0 Å². The molecule has 0 unspecified atom stereocenters. The van der Waals surface area contributed by atoms with Crippen molar-refractivity contribution in [3.63, 3.8) is 0 Å². The molecular formula is C15H23N3O2. The fourth-order valence-corrected chi connectivity index (χ4v) is 3.10. The fraction of sp³-hybridized carbons (Fsp3) is 0.733. The second kappa shape index (κ2) is 5.30. The predicted molar refractivity (Wildman–Crippen MR) is 76.8 cm³/mol. The minimum Gasteiger partial charge on any atom is -0.355 e. The zero-order chi connectivity index (χ0) is 14.2. The Morgan fingerprint density at radius 3 is 2.40 bits per heavy atom. The van der Waals surface area contributed by atoms with Crippen LogP contribution >= 0.6 is 0 Å². The lowest BCUT2D eigenvalue weighted by atomic mass is 9.89. The first-order valence-corrected chi connectivity index (χ1v) is 7.41. The van der Waals surface area contributed by atoms with Crippen LogP contribution in [0.3, 0.4) is 0 Å². The van der Waals surface area contributed by atoms with E-state index in [1.807, 2.05) is 20.0 Å². The molecule has 5 heteroatoms. The molecule has 2 fully saturated rings. The van der Waals surface area contributed by atoms with Crippen LogP contribution in [0.5, 0.6) is 0 Å². The second-order valence-electron chi connectivity index (χ2n) is 5.85. The Morgan fingerprint density at radius 1 is 1.15 bits per heavy atom. The molecule has 1 aromatic rings. The molecular weight excluding hydrogens is 254 g/mol. The lowest BCUT2D eigenvalue weighted by molar-refractivity contribution is -0.178. The van der Waals surface area contributed by atoms with Crippen LogP contribution in [0.4, 0.5) is 5.82 Å². The van der Waals surface area contributed by atoms with Gasteiger partial charge in [0.25, 0.3) is 0 Å². The summed E-state index contributed by atoms with van der Waals surface area (Å²) >= 11 is 0. The van der Waals surface area contributed by atoms with Crippen LogP contribution in [0.15, 0.2) is 6.20 Å². The van der Waals surface area contributed by atoms with E-state index >= 15 is 0 Å². The van der Waals surface area contributed by atoms with E-state index in [4.69, 9.17) is 9.47 Å². The minimum absolute atomic E-state index is 0.286. The molecule has 1 spiro atoms. The van der Waals surface area contributed by atoms with Crippen LogP contribution in [0.2, 0.25) is 0 Å². The number of hydrogen-bond donors (Lipinski definition) is 0. The lowest BCUT2D eigenvalue weighted by Gasteiger charge is -2.39. The summed E-state index contributed by atoms with van der Waals surface area (Å²) in [6, 6.07) is 0.491. The SMILES string of the molecule is Cc1ncc(N(C)C2CCC3(CC2)OCCO3)nc1C. The van der Waals surface area contributed by atoms with Crippen molar-refractivity contribution in [2.45, 2.75) is 51.4 Å².